The zero-order valence-corrected chi connectivity index (χ0v) is 16.2. The number of benzene rings is 1. The smallest absolute Gasteiger partial charge is 0.266 e. The first-order valence-electron chi connectivity index (χ1n) is 9.22. The van der Waals surface area contributed by atoms with Crippen molar-refractivity contribution in [3.05, 3.63) is 52.2 Å². The number of ether oxygens (including phenoxy) is 2. The van der Waals surface area contributed by atoms with E-state index in [2.05, 4.69) is 0 Å². The average molecular weight is 394 g/mol. The number of hydrogen-bond donors (Lipinski definition) is 2. The summed E-state index contributed by atoms with van der Waals surface area (Å²) in [5.41, 5.74) is -1.55. The quantitative estimate of drug-likeness (QED) is 0.651. The summed E-state index contributed by atoms with van der Waals surface area (Å²) < 4.78 is 11.8. The molecule has 0 radical (unpaired) electrons. The maximum Gasteiger partial charge on any atom is 0.266 e. The maximum atomic E-state index is 13.3. The van der Waals surface area contributed by atoms with Crippen LogP contribution in [0.2, 0.25) is 0 Å². The van der Waals surface area contributed by atoms with Gasteiger partial charge in [-0.1, -0.05) is 5.57 Å². The SMILES string of the molecule is CC1=CC(=O)C2(C)C(=O)C3=C(O)C(=O)C4=C(Oc5c(O)cc(C)cc5O4)C3(C)C12. The number of carbonyl (C=O) groups excluding carboxylic acids is 3. The lowest BCUT2D eigenvalue weighted by atomic mass is 9.66. The maximum absolute atomic E-state index is 13.3. The highest BCUT2D eigenvalue weighted by molar-refractivity contribution is 6.26. The van der Waals surface area contributed by atoms with Crippen molar-refractivity contribution in [2.24, 2.45) is 16.7 Å². The van der Waals surface area contributed by atoms with Gasteiger partial charge in [0.05, 0.1) is 11.0 Å². The van der Waals surface area contributed by atoms with E-state index in [1.165, 1.54) is 19.1 Å². The lowest BCUT2D eigenvalue weighted by Crippen LogP contribution is -2.41. The van der Waals surface area contributed by atoms with Crippen molar-refractivity contribution in [3.63, 3.8) is 0 Å². The van der Waals surface area contributed by atoms with Crippen LogP contribution in [-0.2, 0) is 14.4 Å². The highest BCUT2D eigenvalue weighted by Crippen LogP contribution is 2.67. The van der Waals surface area contributed by atoms with Crippen LogP contribution < -0.4 is 9.47 Å². The number of hydrogen-bond acceptors (Lipinski definition) is 7. The highest BCUT2D eigenvalue weighted by Gasteiger charge is 2.72. The van der Waals surface area contributed by atoms with Gasteiger partial charge in [-0.05, 0) is 51.5 Å². The average Bonchev–Trinajstić information content (AvgIpc) is 2.99. The minimum absolute atomic E-state index is 0.0199. The number of carbonyl (C=O) groups is 3. The van der Waals surface area contributed by atoms with Crippen LogP contribution in [-0.4, -0.2) is 27.6 Å². The number of rotatable bonds is 0. The lowest BCUT2D eigenvalue weighted by molar-refractivity contribution is -0.134. The Labute approximate surface area is 165 Å². The Hall–Kier alpha value is -3.35. The van der Waals surface area contributed by atoms with Crippen molar-refractivity contribution >= 4 is 17.3 Å². The van der Waals surface area contributed by atoms with Gasteiger partial charge in [-0.15, -0.1) is 0 Å². The summed E-state index contributed by atoms with van der Waals surface area (Å²) in [6.45, 7) is 6.67. The molecule has 1 aromatic carbocycles. The second-order valence-corrected chi connectivity index (χ2v) is 8.45. The van der Waals surface area contributed by atoms with Gasteiger partial charge >= 0.3 is 0 Å². The third-order valence-corrected chi connectivity index (χ3v) is 6.63. The van der Waals surface area contributed by atoms with Crippen LogP contribution in [0.4, 0.5) is 0 Å². The summed E-state index contributed by atoms with van der Waals surface area (Å²) in [5.74, 6) is -3.46. The second kappa shape index (κ2) is 4.97. The summed E-state index contributed by atoms with van der Waals surface area (Å²) in [6.07, 6.45) is 1.43. The Morgan fingerprint density at radius 3 is 2.38 bits per heavy atom. The topological polar surface area (TPSA) is 110 Å². The molecule has 1 aromatic rings. The van der Waals surface area contributed by atoms with Gasteiger partial charge in [-0.3, -0.25) is 14.4 Å². The Morgan fingerprint density at radius 1 is 1.00 bits per heavy atom. The summed E-state index contributed by atoms with van der Waals surface area (Å²) in [5, 5.41) is 21.0. The molecule has 1 saturated carbocycles. The van der Waals surface area contributed by atoms with E-state index in [1.54, 1.807) is 26.8 Å². The number of allylic oxidation sites excluding steroid dienone is 3. The van der Waals surface area contributed by atoms with Crippen molar-refractivity contribution in [3.8, 4) is 17.2 Å². The minimum atomic E-state index is -1.44. The molecule has 7 heteroatoms. The van der Waals surface area contributed by atoms with Crippen molar-refractivity contribution < 1.29 is 34.1 Å². The normalized spacial score (nSPS) is 32.3. The predicted octanol–water partition coefficient (Wildman–Crippen LogP) is 2.82. The van der Waals surface area contributed by atoms with Gasteiger partial charge in [0.2, 0.25) is 11.5 Å². The molecule has 0 bridgehead atoms. The van der Waals surface area contributed by atoms with Crippen LogP contribution >= 0.6 is 0 Å². The summed E-state index contributed by atoms with van der Waals surface area (Å²) in [6, 6.07) is 3.09. The molecule has 4 aliphatic rings. The first-order valence-corrected chi connectivity index (χ1v) is 9.22. The van der Waals surface area contributed by atoms with E-state index in [-0.39, 0.29) is 40.1 Å². The summed E-state index contributed by atoms with van der Waals surface area (Å²) in [7, 11) is 0. The third-order valence-electron chi connectivity index (χ3n) is 6.63. The molecule has 3 unspecified atom stereocenters. The molecule has 7 nitrogen and oxygen atoms in total. The molecule has 2 N–H and O–H groups in total. The molecule has 1 aliphatic heterocycles. The first kappa shape index (κ1) is 17.7. The molecular weight excluding hydrogens is 376 g/mol. The van der Waals surface area contributed by atoms with Crippen LogP contribution in [0.5, 0.6) is 17.2 Å². The molecule has 1 fully saturated rings. The number of phenols is 1. The zero-order valence-electron chi connectivity index (χ0n) is 16.2. The van der Waals surface area contributed by atoms with Crippen LogP contribution in [0.15, 0.2) is 46.6 Å². The predicted molar refractivity (Wildman–Crippen MR) is 99.3 cm³/mol. The molecule has 3 atom stereocenters. The van der Waals surface area contributed by atoms with E-state index in [9.17, 15) is 24.6 Å². The van der Waals surface area contributed by atoms with Crippen molar-refractivity contribution in [2.75, 3.05) is 0 Å². The van der Waals surface area contributed by atoms with E-state index in [0.29, 0.717) is 11.1 Å². The fourth-order valence-electron chi connectivity index (χ4n) is 5.47. The Bertz CT molecular complexity index is 1180. The summed E-state index contributed by atoms with van der Waals surface area (Å²) in [4.78, 5) is 38.9. The number of aliphatic hydroxyl groups is 1. The zero-order chi connectivity index (χ0) is 21.0. The first-order chi connectivity index (χ1) is 13.5. The van der Waals surface area contributed by atoms with Crippen LogP contribution in [0.3, 0.4) is 0 Å². The van der Waals surface area contributed by atoms with Crippen LogP contribution in [0, 0.1) is 23.7 Å². The number of Topliss-reactive ketones (excluding diaryl/α,β-unsaturated/α-hetero) is 2. The number of fused-ring (bicyclic) bond motifs is 5. The van der Waals surface area contributed by atoms with Gasteiger partial charge in [0.25, 0.3) is 5.78 Å². The molecule has 5 rings (SSSR count). The molecule has 0 spiro atoms. The van der Waals surface area contributed by atoms with Gasteiger partial charge in [-0.25, -0.2) is 0 Å². The fourth-order valence-corrected chi connectivity index (χ4v) is 5.47. The monoisotopic (exact) mass is 394 g/mol. The van der Waals surface area contributed by atoms with Crippen LogP contribution in [0.25, 0.3) is 0 Å². The minimum Gasteiger partial charge on any atom is -0.504 e. The van der Waals surface area contributed by atoms with Gasteiger partial charge in [0, 0.05) is 5.92 Å². The number of phenolic OH excluding ortho intramolecular Hbond substituents is 1. The Morgan fingerprint density at radius 2 is 1.69 bits per heavy atom. The standard InChI is InChI=1S/C22H18O7/c1-8-5-10(23)16-11(6-8)28-17-15(26)14(25)13-19(27)21(3)12(24)7-9(2)18(21)22(13,4)20(17)29-16/h5-7,18,23,25H,1-4H3. The van der Waals surface area contributed by atoms with Crippen molar-refractivity contribution in [1.29, 1.82) is 0 Å². The Balaban J connectivity index is 1.80. The molecule has 0 amide bonds. The van der Waals surface area contributed by atoms with E-state index < -0.39 is 34.1 Å². The number of aryl methyl sites for hydroxylation is 1. The van der Waals surface area contributed by atoms with Gasteiger partial charge in [-0.2, -0.15) is 0 Å². The van der Waals surface area contributed by atoms with E-state index >= 15 is 0 Å². The largest absolute Gasteiger partial charge is 0.504 e. The number of aliphatic hydroxyl groups excluding tert-OH is 1. The second-order valence-electron chi connectivity index (χ2n) is 8.45. The molecular formula is C22H18O7. The molecule has 3 aliphatic carbocycles. The Kier molecular flexibility index (Phi) is 3.04. The van der Waals surface area contributed by atoms with Crippen molar-refractivity contribution in [2.45, 2.75) is 27.7 Å². The van der Waals surface area contributed by atoms with E-state index in [4.69, 9.17) is 9.47 Å². The van der Waals surface area contributed by atoms with E-state index in [0.717, 1.165) is 0 Å². The molecule has 29 heavy (non-hydrogen) atoms. The third kappa shape index (κ3) is 1.76. The van der Waals surface area contributed by atoms with E-state index in [1.807, 2.05) is 0 Å². The van der Waals surface area contributed by atoms with Gasteiger partial charge in [0.15, 0.2) is 34.6 Å². The highest BCUT2D eigenvalue weighted by atomic mass is 16.6. The molecule has 148 valence electrons. The summed E-state index contributed by atoms with van der Waals surface area (Å²) >= 11 is 0. The van der Waals surface area contributed by atoms with Crippen LogP contribution in [0.1, 0.15) is 26.3 Å². The molecule has 0 aromatic heterocycles. The lowest BCUT2D eigenvalue weighted by Gasteiger charge is -2.40. The van der Waals surface area contributed by atoms with Crippen molar-refractivity contribution in [1.82, 2.24) is 0 Å². The fraction of sp³-hybridized carbons (Fsp3) is 0.318. The number of ketones is 3. The number of aromatic hydroxyl groups is 1. The van der Waals surface area contributed by atoms with Gasteiger partial charge < -0.3 is 19.7 Å². The molecule has 1 heterocycles. The molecule has 0 saturated heterocycles. The van der Waals surface area contributed by atoms with Gasteiger partial charge in [0.1, 0.15) is 5.41 Å².